The molecule has 7 heteroatoms. The number of aliphatic carboxylic acids is 2. The van der Waals surface area contributed by atoms with Crippen LogP contribution in [0.4, 0.5) is 0 Å². The molecular formula is C29H32N2O5. The summed E-state index contributed by atoms with van der Waals surface area (Å²) in [5, 5.41) is 24.4. The fourth-order valence-corrected chi connectivity index (χ4v) is 5.32. The molecule has 0 unspecified atom stereocenters. The standard InChI is InChI=1S/C29H32N2O5/c1-19(25-11-5-7-21-6-2-3-10-26(21)25)30-24-9-4-8-23(16-24)20-12-14-22(15-13-20)29(36)31(17-27(32)33)18-28(34)35/h2-3,5-7,10-15,19,23-24,30H,4,8-9,16-18H2,1H3,(H,32,33)(H,34,35)/t19-,23+,24+/m1/s1. The summed E-state index contributed by atoms with van der Waals surface area (Å²) in [5.74, 6) is -2.74. The van der Waals surface area contributed by atoms with Crippen molar-refractivity contribution in [3.8, 4) is 0 Å². The molecule has 0 radical (unpaired) electrons. The van der Waals surface area contributed by atoms with Gasteiger partial charge in [0.2, 0.25) is 0 Å². The molecule has 4 rings (SSSR count). The summed E-state index contributed by atoms with van der Waals surface area (Å²) in [4.78, 5) is 35.6. The number of benzene rings is 3. The lowest BCUT2D eigenvalue weighted by atomic mass is 9.80. The van der Waals surface area contributed by atoms with Gasteiger partial charge in [-0.2, -0.15) is 0 Å². The highest BCUT2D eigenvalue weighted by Crippen LogP contribution is 2.34. The van der Waals surface area contributed by atoms with Crippen molar-refractivity contribution in [1.29, 1.82) is 0 Å². The fourth-order valence-electron chi connectivity index (χ4n) is 5.32. The molecule has 3 N–H and O–H groups in total. The van der Waals surface area contributed by atoms with Gasteiger partial charge in [-0.3, -0.25) is 14.4 Å². The molecule has 0 aromatic heterocycles. The minimum absolute atomic E-state index is 0.217. The maximum atomic E-state index is 12.7. The van der Waals surface area contributed by atoms with Gasteiger partial charge in [0.25, 0.3) is 5.91 Å². The summed E-state index contributed by atoms with van der Waals surface area (Å²) in [7, 11) is 0. The number of carboxylic acid groups (broad SMARTS) is 2. The van der Waals surface area contributed by atoms with Crippen LogP contribution < -0.4 is 5.32 Å². The van der Waals surface area contributed by atoms with Gasteiger partial charge in [0.05, 0.1) is 0 Å². The van der Waals surface area contributed by atoms with Crippen LogP contribution in [0.25, 0.3) is 10.8 Å². The quantitative estimate of drug-likeness (QED) is 0.398. The van der Waals surface area contributed by atoms with Crippen molar-refractivity contribution in [3.05, 3.63) is 83.4 Å². The van der Waals surface area contributed by atoms with Gasteiger partial charge in [0, 0.05) is 17.6 Å². The Morgan fingerprint density at radius 1 is 0.917 bits per heavy atom. The van der Waals surface area contributed by atoms with Gasteiger partial charge in [-0.15, -0.1) is 0 Å². The second kappa shape index (κ2) is 11.4. The van der Waals surface area contributed by atoms with Crippen LogP contribution in [0.2, 0.25) is 0 Å². The van der Waals surface area contributed by atoms with E-state index in [0.29, 0.717) is 12.0 Å². The van der Waals surface area contributed by atoms with Crippen LogP contribution in [-0.4, -0.2) is 52.1 Å². The molecule has 3 aromatic carbocycles. The summed E-state index contributed by atoms with van der Waals surface area (Å²) in [6, 6.07) is 22.6. The van der Waals surface area contributed by atoms with E-state index in [-0.39, 0.29) is 11.6 Å². The number of fused-ring (bicyclic) bond motifs is 1. The zero-order valence-corrected chi connectivity index (χ0v) is 20.4. The number of amides is 1. The normalized spacial score (nSPS) is 18.5. The summed E-state index contributed by atoms with van der Waals surface area (Å²) in [6.45, 7) is 0.904. The number of carbonyl (C=O) groups excluding carboxylic acids is 1. The van der Waals surface area contributed by atoms with Crippen molar-refractivity contribution in [2.75, 3.05) is 13.1 Å². The minimum Gasteiger partial charge on any atom is -0.480 e. The highest BCUT2D eigenvalue weighted by atomic mass is 16.4. The maximum absolute atomic E-state index is 12.7. The molecule has 0 aliphatic heterocycles. The third-order valence-electron chi connectivity index (χ3n) is 7.02. The van der Waals surface area contributed by atoms with Crippen molar-refractivity contribution in [1.82, 2.24) is 10.2 Å². The third kappa shape index (κ3) is 6.10. The van der Waals surface area contributed by atoms with Crippen molar-refractivity contribution in [2.24, 2.45) is 0 Å². The minimum atomic E-state index is -1.25. The lowest BCUT2D eigenvalue weighted by Crippen LogP contribution is -2.39. The van der Waals surface area contributed by atoms with Gasteiger partial charge in [0.15, 0.2) is 0 Å². The van der Waals surface area contributed by atoms with E-state index >= 15 is 0 Å². The molecule has 1 aliphatic rings. The first-order valence-electron chi connectivity index (χ1n) is 12.4. The van der Waals surface area contributed by atoms with Gasteiger partial charge in [-0.25, -0.2) is 0 Å². The highest BCUT2D eigenvalue weighted by Gasteiger charge is 2.26. The van der Waals surface area contributed by atoms with E-state index in [9.17, 15) is 14.4 Å². The molecule has 1 saturated carbocycles. The first-order valence-corrected chi connectivity index (χ1v) is 12.4. The highest BCUT2D eigenvalue weighted by molar-refractivity contribution is 5.97. The maximum Gasteiger partial charge on any atom is 0.323 e. The fraction of sp³-hybridized carbons (Fsp3) is 0.345. The van der Waals surface area contributed by atoms with Crippen LogP contribution in [0, 0.1) is 0 Å². The number of nitrogens with one attached hydrogen (secondary N) is 1. The summed E-state index contributed by atoms with van der Waals surface area (Å²) in [5.41, 5.74) is 2.72. The van der Waals surface area contributed by atoms with Gasteiger partial charge in [-0.05, 0) is 66.1 Å². The SMILES string of the molecule is C[C@@H](N[C@H]1CCC[C@H](c2ccc(C(=O)N(CC(=O)O)CC(=O)O)cc2)C1)c1cccc2ccccc12. The lowest BCUT2D eigenvalue weighted by molar-refractivity contribution is -0.140. The van der Waals surface area contributed by atoms with E-state index in [4.69, 9.17) is 10.2 Å². The molecular weight excluding hydrogens is 456 g/mol. The van der Waals surface area contributed by atoms with E-state index in [1.165, 1.54) is 16.3 Å². The summed E-state index contributed by atoms with van der Waals surface area (Å²) >= 11 is 0. The zero-order valence-electron chi connectivity index (χ0n) is 20.4. The average molecular weight is 489 g/mol. The smallest absolute Gasteiger partial charge is 0.323 e. The lowest BCUT2D eigenvalue weighted by Gasteiger charge is -2.32. The van der Waals surface area contributed by atoms with Gasteiger partial charge >= 0.3 is 11.9 Å². The molecule has 188 valence electrons. The van der Waals surface area contributed by atoms with Gasteiger partial charge in [-0.1, -0.05) is 61.0 Å². The Balaban J connectivity index is 1.42. The van der Waals surface area contributed by atoms with E-state index in [1.807, 2.05) is 12.1 Å². The van der Waals surface area contributed by atoms with Crippen LogP contribution in [0.5, 0.6) is 0 Å². The Morgan fingerprint density at radius 2 is 1.58 bits per heavy atom. The van der Waals surface area contributed by atoms with Gasteiger partial charge < -0.3 is 20.4 Å². The van der Waals surface area contributed by atoms with Crippen LogP contribution in [0.1, 0.15) is 66.1 Å². The van der Waals surface area contributed by atoms with Crippen molar-refractivity contribution in [3.63, 3.8) is 0 Å². The molecule has 1 amide bonds. The summed E-state index contributed by atoms with van der Waals surface area (Å²) in [6.07, 6.45) is 4.28. The number of hydrogen-bond donors (Lipinski definition) is 3. The first-order chi connectivity index (χ1) is 17.3. The number of nitrogens with zero attached hydrogens (tertiary/aromatic N) is 1. The molecule has 36 heavy (non-hydrogen) atoms. The number of hydrogen-bond acceptors (Lipinski definition) is 4. The molecule has 0 spiro atoms. The third-order valence-corrected chi connectivity index (χ3v) is 7.02. The van der Waals surface area contributed by atoms with Crippen LogP contribution in [-0.2, 0) is 9.59 Å². The van der Waals surface area contributed by atoms with Crippen LogP contribution in [0.3, 0.4) is 0 Å². The molecule has 3 aromatic rings. The Morgan fingerprint density at radius 3 is 2.28 bits per heavy atom. The van der Waals surface area contributed by atoms with Crippen molar-refractivity contribution >= 4 is 28.6 Å². The molecule has 3 atom stereocenters. The Bertz CT molecular complexity index is 1220. The Kier molecular flexibility index (Phi) is 8.00. The average Bonchev–Trinajstić information content (AvgIpc) is 2.87. The Labute approximate surface area is 210 Å². The van der Waals surface area contributed by atoms with Crippen molar-refractivity contribution < 1.29 is 24.6 Å². The van der Waals surface area contributed by atoms with Crippen LogP contribution >= 0.6 is 0 Å². The Hall–Kier alpha value is -3.71. The van der Waals surface area contributed by atoms with E-state index in [2.05, 4.69) is 54.7 Å². The summed E-state index contributed by atoms with van der Waals surface area (Å²) < 4.78 is 0. The first kappa shape index (κ1) is 25.4. The zero-order chi connectivity index (χ0) is 25.7. The van der Waals surface area contributed by atoms with E-state index in [1.54, 1.807) is 12.1 Å². The number of rotatable bonds is 9. The molecule has 0 saturated heterocycles. The van der Waals surface area contributed by atoms with E-state index in [0.717, 1.165) is 36.1 Å². The largest absolute Gasteiger partial charge is 0.480 e. The predicted molar refractivity (Wildman–Crippen MR) is 138 cm³/mol. The number of carbonyl (C=O) groups is 3. The molecule has 1 aliphatic carbocycles. The number of carboxylic acids is 2. The van der Waals surface area contributed by atoms with E-state index < -0.39 is 30.9 Å². The van der Waals surface area contributed by atoms with Gasteiger partial charge in [0.1, 0.15) is 13.1 Å². The monoisotopic (exact) mass is 488 g/mol. The molecule has 7 nitrogen and oxygen atoms in total. The molecule has 1 fully saturated rings. The molecule has 0 bridgehead atoms. The molecule has 0 heterocycles. The second-order valence-electron chi connectivity index (χ2n) is 9.59. The topological polar surface area (TPSA) is 107 Å². The van der Waals surface area contributed by atoms with Crippen molar-refractivity contribution in [2.45, 2.75) is 50.6 Å². The second-order valence-corrected chi connectivity index (χ2v) is 9.59. The predicted octanol–water partition coefficient (Wildman–Crippen LogP) is 4.83. The van der Waals surface area contributed by atoms with Crippen LogP contribution in [0.15, 0.2) is 66.7 Å².